The lowest BCUT2D eigenvalue weighted by Gasteiger charge is -2.41. The molecule has 1 saturated heterocycles. The molecule has 5 atom stereocenters. The van der Waals surface area contributed by atoms with Gasteiger partial charge in [0, 0.05) is 15.6 Å². The number of sulfonamides is 1. The second-order valence-corrected chi connectivity index (χ2v) is 16.5. The van der Waals surface area contributed by atoms with Crippen LogP contribution in [0.15, 0.2) is 61.2 Å². The first-order valence-corrected chi connectivity index (χ1v) is 19.6. The molecule has 0 spiro atoms. The normalized spacial score (nSPS) is 24.1. The molecule has 4 aromatic rings. The number of carbonyl (C=O) groups excluding carboxylic acids is 1. The summed E-state index contributed by atoms with van der Waals surface area (Å²) in [5, 5.41) is 26.3. The number of esters is 1. The standard InChI is InChI=1S/C30H34Cl2N7O10PS/c1-29(42)24(40)22(48-27(29)39-17-35-23-25(33-16-34-26(23)39)36-38-51(2,44)45)15-47-50(43,49-20-10-8-19(31)9-11-20)37-30(12-5-13-30)28(41)46-14-18-6-3-4-7-21(18)32/h3-4,6-11,16-17,22,24,27,38,40,42H,5,12-15H2,1-2H3,(H,37,43)(H,33,34,36)/t22?,24-,27-,29-,50?/m1/s1. The Morgan fingerprint density at radius 2 is 1.86 bits per heavy atom. The van der Waals surface area contributed by atoms with E-state index in [1.807, 2.05) is 0 Å². The fourth-order valence-corrected chi connectivity index (χ4v) is 7.91. The van der Waals surface area contributed by atoms with E-state index in [0.29, 0.717) is 22.0 Å². The number of imidazole rings is 1. The molecular formula is C30H34Cl2N7O10PS. The average molecular weight is 787 g/mol. The molecule has 51 heavy (non-hydrogen) atoms. The molecule has 1 aliphatic heterocycles. The smallest absolute Gasteiger partial charge is 0.459 e. The zero-order valence-electron chi connectivity index (χ0n) is 27.1. The first-order chi connectivity index (χ1) is 24.1. The van der Waals surface area contributed by atoms with Gasteiger partial charge < -0.3 is 24.2 Å². The highest BCUT2D eigenvalue weighted by Crippen LogP contribution is 2.51. The van der Waals surface area contributed by atoms with Gasteiger partial charge in [0.05, 0.1) is 19.2 Å². The zero-order chi connectivity index (χ0) is 36.6. The number of ether oxygens (including phenoxy) is 2. The SMILES string of the molecule is C[C@@]1(O)[C@H](O)C(COP(=O)(NC2(C(=O)OCc3ccccc3Cl)CCC2)Oc2ccc(Cl)cc2)O[C@H]1n1cnc2c(NNS(C)(=O)=O)ncnc21. The number of aliphatic hydroxyl groups is 2. The summed E-state index contributed by atoms with van der Waals surface area (Å²) in [4.78, 5) is 28.0. The number of anilines is 1. The first kappa shape index (κ1) is 37.3. The number of nitrogens with zero attached hydrogens (tertiary/aromatic N) is 4. The minimum Gasteiger partial charge on any atom is -0.459 e. The van der Waals surface area contributed by atoms with E-state index in [2.05, 4.69) is 30.3 Å². The molecule has 2 aromatic carbocycles. The summed E-state index contributed by atoms with van der Waals surface area (Å²) in [5.74, 6) is -0.568. The van der Waals surface area contributed by atoms with Crippen molar-refractivity contribution in [2.24, 2.45) is 0 Å². The quantitative estimate of drug-likeness (QED) is 0.0701. The second kappa shape index (κ2) is 14.5. The minimum atomic E-state index is -4.47. The van der Waals surface area contributed by atoms with Gasteiger partial charge in [-0.05, 0) is 56.5 Å². The van der Waals surface area contributed by atoms with Gasteiger partial charge in [0.2, 0.25) is 10.0 Å². The van der Waals surface area contributed by atoms with Crippen molar-refractivity contribution in [1.82, 2.24) is 29.4 Å². The van der Waals surface area contributed by atoms with Gasteiger partial charge in [-0.15, -0.1) is 4.83 Å². The number of nitrogens with one attached hydrogen (secondary N) is 3. The first-order valence-electron chi connectivity index (χ1n) is 15.5. The van der Waals surface area contributed by atoms with Crippen LogP contribution in [-0.2, 0) is 40.0 Å². The maximum atomic E-state index is 14.5. The van der Waals surface area contributed by atoms with E-state index in [-0.39, 0.29) is 42.2 Å². The largest absolute Gasteiger partial charge is 0.459 e. The fourth-order valence-electron chi connectivity index (χ4n) is 5.57. The van der Waals surface area contributed by atoms with E-state index in [0.717, 1.165) is 12.6 Å². The molecule has 5 N–H and O–H groups in total. The van der Waals surface area contributed by atoms with Crippen LogP contribution < -0.4 is 19.9 Å². The molecule has 6 rings (SSSR count). The molecule has 0 radical (unpaired) electrons. The summed E-state index contributed by atoms with van der Waals surface area (Å²) in [6, 6.07) is 12.8. The number of aliphatic hydroxyl groups excluding tert-OH is 1. The van der Waals surface area contributed by atoms with Crippen LogP contribution in [0, 0.1) is 0 Å². The van der Waals surface area contributed by atoms with Crippen molar-refractivity contribution in [2.45, 2.75) is 62.4 Å². The van der Waals surface area contributed by atoms with Gasteiger partial charge in [0.1, 0.15) is 42.0 Å². The molecule has 274 valence electrons. The van der Waals surface area contributed by atoms with Gasteiger partial charge in [-0.2, -0.15) is 5.09 Å². The molecular weight excluding hydrogens is 752 g/mol. The van der Waals surface area contributed by atoms with E-state index in [1.165, 1.54) is 42.1 Å². The molecule has 0 amide bonds. The average Bonchev–Trinajstić information content (AvgIpc) is 3.58. The highest BCUT2D eigenvalue weighted by atomic mass is 35.5. The maximum absolute atomic E-state index is 14.5. The second-order valence-electron chi connectivity index (χ2n) is 12.3. The third kappa shape index (κ3) is 8.15. The molecule has 3 heterocycles. The van der Waals surface area contributed by atoms with Crippen LogP contribution in [0.5, 0.6) is 5.75 Å². The Morgan fingerprint density at radius 1 is 1.14 bits per heavy atom. The molecule has 2 fully saturated rings. The fraction of sp³-hybridized carbons (Fsp3) is 0.400. The molecule has 0 bridgehead atoms. The van der Waals surface area contributed by atoms with Crippen LogP contribution in [0.2, 0.25) is 10.0 Å². The monoisotopic (exact) mass is 785 g/mol. The summed E-state index contributed by atoms with van der Waals surface area (Å²) in [5.41, 5.74) is -0.119. The number of halogens is 2. The van der Waals surface area contributed by atoms with E-state index in [1.54, 1.807) is 24.3 Å². The topological polar surface area (TPSA) is 225 Å². The van der Waals surface area contributed by atoms with Crippen molar-refractivity contribution in [2.75, 3.05) is 18.3 Å². The Labute approximate surface area is 302 Å². The number of rotatable bonds is 14. The van der Waals surface area contributed by atoms with Crippen LogP contribution in [0.25, 0.3) is 11.2 Å². The Bertz CT molecular complexity index is 2070. The van der Waals surface area contributed by atoms with Crippen LogP contribution in [-0.4, -0.2) is 80.3 Å². The summed E-state index contributed by atoms with van der Waals surface area (Å²) in [7, 11) is -8.11. The lowest BCUT2D eigenvalue weighted by molar-refractivity contribution is -0.156. The van der Waals surface area contributed by atoms with Crippen LogP contribution in [0.1, 0.15) is 38.0 Å². The number of benzene rings is 2. The maximum Gasteiger partial charge on any atom is 0.459 e. The van der Waals surface area contributed by atoms with Gasteiger partial charge in [0.15, 0.2) is 23.2 Å². The van der Waals surface area contributed by atoms with E-state index in [9.17, 15) is 28.0 Å². The summed E-state index contributed by atoms with van der Waals surface area (Å²) in [6.07, 6.45) is 0.292. The van der Waals surface area contributed by atoms with Crippen molar-refractivity contribution in [3.8, 4) is 5.75 Å². The highest BCUT2D eigenvalue weighted by molar-refractivity contribution is 7.88. The predicted molar refractivity (Wildman–Crippen MR) is 184 cm³/mol. The van der Waals surface area contributed by atoms with E-state index in [4.69, 9.17) is 41.7 Å². The Kier molecular flexibility index (Phi) is 10.6. The van der Waals surface area contributed by atoms with Gasteiger partial charge >= 0.3 is 13.7 Å². The predicted octanol–water partition coefficient (Wildman–Crippen LogP) is 3.48. The van der Waals surface area contributed by atoms with Crippen molar-refractivity contribution in [1.29, 1.82) is 0 Å². The molecule has 2 aromatic heterocycles. The lowest BCUT2D eigenvalue weighted by atomic mass is 9.78. The Hall–Kier alpha value is -3.42. The van der Waals surface area contributed by atoms with Gasteiger partial charge in [-0.1, -0.05) is 41.4 Å². The van der Waals surface area contributed by atoms with Gasteiger partial charge in [0.25, 0.3) is 0 Å². The number of hydrogen-bond donors (Lipinski definition) is 5. The number of hydrazine groups is 1. The molecule has 1 aliphatic carbocycles. The number of fused-ring (bicyclic) bond motifs is 1. The zero-order valence-corrected chi connectivity index (χ0v) is 30.3. The third-order valence-corrected chi connectivity index (χ3v) is 11.2. The summed E-state index contributed by atoms with van der Waals surface area (Å²) >= 11 is 12.3. The Morgan fingerprint density at radius 3 is 2.53 bits per heavy atom. The van der Waals surface area contributed by atoms with Crippen molar-refractivity contribution < 1.29 is 46.5 Å². The molecule has 1 saturated carbocycles. The van der Waals surface area contributed by atoms with Crippen LogP contribution in [0.3, 0.4) is 0 Å². The summed E-state index contributed by atoms with van der Waals surface area (Å²) < 4.78 is 62.3. The molecule has 2 aliphatic rings. The summed E-state index contributed by atoms with van der Waals surface area (Å²) in [6.45, 7) is 0.618. The number of carbonyl (C=O) groups is 1. The van der Waals surface area contributed by atoms with Crippen molar-refractivity contribution in [3.05, 3.63) is 76.8 Å². The van der Waals surface area contributed by atoms with E-state index >= 15 is 0 Å². The van der Waals surface area contributed by atoms with Crippen molar-refractivity contribution in [3.63, 3.8) is 0 Å². The van der Waals surface area contributed by atoms with Crippen molar-refractivity contribution >= 4 is 63.9 Å². The number of aromatic nitrogens is 4. The third-order valence-electron chi connectivity index (χ3n) is 8.43. The number of hydrogen-bond acceptors (Lipinski definition) is 14. The van der Waals surface area contributed by atoms with Crippen LogP contribution >= 0.6 is 30.9 Å². The lowest BCUT2D eigenvalue weighted by Crippen LogP contribution is -2.57. The van der Waals surface area contributed by atoms with E-state index < -0.39 is 59.9 Å². The van der Waals surface area contributed by atoms with Crippen LogP contribution in [0.4, 0.5) is 5.82 Å². The molecule has 2 unspecified atom stereocenters. The molecule has 21 heteroatoms. The highest BCUT2D eigenvalue weighted by Gasteiger charge is 2.56. The molecule has 17 nitrogen and oxygen atoms in total. The van der Waals surface area contributed by atoms with Gasteiger partial charge in [-0.3, -0.25) is 19.3 Å². The Balaban J connectivity index is 1.22. The van der Waals surface area contributed by atoms with Gasteiger partial charge in [-0.25, -0.2) is 27.9 Å². The minimum absolute atomic E-state index is 0.0175.